The number of pyridine rings is 1. The maximum absolute atomic E-state index is 13.6. The highest BCUT2D eigenvalue weighted by atomic mass is 32.1. The first-order chi connectivity index (χ1) is 19.4. The lowest BCUT2D eigenvalue weighted by molar-refractivity contribution is -0.132. The molecule has 6 rings (SSSR count). The highest BCUT2D eigenvalue weighted by Crippen LogP contribution is 2.45. The van der Waals surface area contributed by atoms with E-state index in [0.717, 1.165) is 26.9 Å². The van der Waals surface area contributed by atoms with Crippen molar-refractivity contribution >= 4 is 44.1 Å². The number of anilines is 1. The summed E-state index contributed by atoms with van der Waals surface area (Å²) in [6, 6.07) is 23.5. The number of aryl methyl sites for hydroxylation is 2. The van der Waals surface area contributed by atoms with Crippen LogP contribution in [-0.2, 0) is 16.2 Å². The van der Waals surface area contributed by atoms with Gasteiger partial charge in [-0.05, 0) is 66.4 Å². The molecule has 3 heterocycles. The fourth-order valence-corrected chi connectivity index (χ4v) is 6.13. The lowest BCUT2D eigenvalue weighted by Gasteiger charge is -2.23. The number of hydrogen-bond donors (Lipinski definition) is 1. The van der Waals surface area contributed by atoms with Crippen molar-refractivity contribution in [3.05, 3.63) is 125 Å². The van der Waals surface area contributed by atoms with E-state index in [9.17, 15) is 14.7 Å². The number of amides is 1. The van der Waals surface area contributed by atoms with Gasteiger partial charge in [0.2, 0.25) is 0 Å². The number of ether oxygens (including phenoxy) is 1. The Morgan fingerprint density at radius 3 is 2.42 bits per heavy atom. The molecule has 0 saturated carbocycles. The first-order valence-electron chi connectivity index (χ1n) is 12.8. The molecule has 0 spiro atoms. The van der Waals surface area contributed by atoms with Crippen LogP contribution in [0.3, 0.4) is 0 Å². The lowest BCUT2D eigenvalue weighted by Crippen LogP contribution is -2.29. The highest BCUT2D eigenvalue weighted by Gasteiger charge is 2.48. The first-order valence-corrected chi connectivity index (χ1v) is 13.6. The van der Waals surface area contributed by atoms with Crippen LogP contribution in [0.4, 0.5) is 5.13 Å². The third-order valence-electron chi connectivity index (χ3n) is 6.87. The number of nitrogens with zero attached hydrogens (tertiary/aromatic N) is 3. The van der Waals surface area contributed by atoms with Gasteiger partial charge in [-0.2, -0.15) is 0 Å². The molecule has 8 heteroatoms. The summed E-state index contributed by atoms with van der Waals surface area (Å²) in [4.78, 5) is 37.2. The molecule has 0 bridgehead atoms. The van der Waals surface area contributed by atoms with Crippen molar-refractivity contribution in [2.75, 3.05) is 4.90 Å². The topological polar surface area (TPSA) is 92.6 Å². The van der Waals surface area contributed by atoms with Crippen molar-refractivity contribution in [2.24, 2.45) is 0 Å². The predicted octanol–water partition coefficient (Wildman–Crippen LogP) is 6.51. The highest BCUT2D eigenvalue weighted by molar-refractivity contribution is 7.22. The maximum Gasteiger partial charge on any atom is 0.301 e. The summed E-state index contributed by atoms with van der Waals surface area (Å²) >= 11 is 1.35. The minimum atomic E-state index is -0.877. The Morgan fingerprint density at radius 2 is 1.70 bits per heavy atom. The van der Waals surface area contributed by atoms with E-state index in [4.69, 9.17) is 9.72 Å². The van der Waals surface area contributed by atoms with Gasteiger partial charge >= 0.3 is 5.91 Å². The maximum atomic E-state index is 13.6. The van der Waals surface area contributed by atoms with E-state index >= 15 is 0 Å². The van der Waals surface area contributed by atoms with E-state index in [-0.39, 0.29) is 11.3 Å². The molecule has 7 nitrogen and oxygen atoms in total. The summed E-state index contributed by atoms with van der Waals surface area (Å²) in [6.07, 6.45) is 3.05. The average Bonchev–Trinajstić information content (AvgIpc) is 3.51. The second-order valence-electron chi connectivity index (χ2n) is 9.67. The SMILES string of the molecule is Cc1cc(C)c2nc(N3C(=O)C(=O)/C(=C(/O)c4ccncc4)C3c3ccc(OCc4ccccc4)cc3)sc2c1. The molecule has 3 aromatic carbocycles. The Hall–Kier alpha value is -4.82. The molecule has 1 amide bonds. The molecular weight excluding hydrogens is 522 g/mol. The first kappa shape index (κ1) is 25.5. The van der Waals surface area contributed by atoms with Crippen LogP contribution in [0.1, 0.15) is 33.9 Å². The van der Waals surface area contributed by atoms with Gasteiger partial charge in [-0.15, -0.1) is 0 Å². The molecule has 1 unspecified atom stereocenters. The summed E-state index contributed by atoms with van der Waals surface area (Å²) in [5, 5.41) is 11.7. The number of aliphatic hydroxyl groups is 1. The van der Waals surface area contributed by atoms with Gasteiger partial charge in [-0.25, -0.2) is 4.98 Å². The Morgan fingerprint density at radius 1 is 0.975 bits per heavy atom. The minimum absolute atomic E-state index is 0.00122. The number of fused-ring (bicyclic) bond motifs is 1. The van der Waals surface area contributed by atoms with E-state index in [2.05, 4.69) is 4.98 Å². The number of thiazole rings is 1. The zero-order valence-electron chi connectivity index (χ0n) is 21.9. The monoisotopic (exact) mass is 547 g/mol. The molecule has 1 aliphatic rings. The Balaban J connectivity index is 1.44. The Labute approximate surface area is 235 Å². The second kappa shape index (κ2) is 10.4. The summed E-state index contributed by atoms with van der Waals surface area (Å²) < 4.78 is 6.87. The third-order valence-corrected chi connectivity index (χ3v) is 7.87. The fourth-order valence-electron chi connectivity index (χ4n) is 4.96. The summed E-state index contributed by atoms with van der Waals surface area (Å²) in [6.45, 7) is 4.39. The van der Waals surface area contributed by atoms with Gasteiger partial charge in [0.05, 0.1) is 21.8 Å². The molecule has 2 aromatic heterocycles. The van der Waals surface area contributed by atoms with Crippen molar-refractivity contribution in [1.82, 2.24) is 9.97 Å². The number of hydrogen-bond acceptors (Lipinski definition) is 7. The third kappa shape index (κ3) is 4.63. The number of aliphatic hydroxyl groups excluding tert-OH is 1. The van der Waals surface area contributed by atoms with Crippen LogP contribution >= 0.6 is 11.3 Å². The molecule has 40 heavy (non-hydrogen) atoms. The summed E-state index contributed by atoms with van der Waals surface area (Å²) in [5.74, 6) is -1.12. The fraction of sp³-hybridized carbons (Fsp3) is 0.125. The van der Waals surface area contributed by atoms with Crippen molar-refractivity contribution in [1.29, 1.82) is 0 Å². The molecular formula is C32H25N3O4S. The van der Waals surface area contributed by atoms with E-state index in [1.807, 2.05) is 68.4 Å². The number of aromatic nitrogens is 2. The van der Waals surface area contributed by atoms with Crippen LogP contribution in [0.2, 0.25) is 0 Å². The van der Waals surface area contributed by atoms with E-state index < -0.39 is 17.7 Å². The smallest absolute Gasteiger partial charge is 0.301 e. The Kier molecular flexibility index (Phi) is 6.61. The molecule has 198 valence electrons. The average molecular weight is 548 g/mol. The van der Waals surface area contributed by atoms with Gasteiger partial charge in [-0.1, -0.05) is 59.9 Å². The molecule has 1 fully saturated rings. The van der Waals surface area contributed by atoms with Crippen molar-refractivity contribution in [2.45, 2.75) is 26.5 Å². The van der Waals surface area contributed by atoms with Gasteiger partial charge in [0.1, 0.15) is 18.1 Å². The van der Waals surface area contributed by atoms with Crippen LogP contribution in [-0.4, -0.2) is 26.8 Å². The normalized spacial score (nSPS) is 16.6. The number of carbonyl (C=O) groups excluding carboxylic acids is 2. The minimum Gasteiger partial charge on any atom is -0.507 e. The number of benzene rings is 3. The van der Waals surface area contributed by atoms with Crippen LogP contribution in [0, 0.1) is 13.8 Å². The van der Waals surface area contributed by atoms with Crippen LogP contribution in [0.15, 0.2) is 96.8 Å². The van der Waals surface area contributed by atoms with Gasteiger partial charge in [-0.3, -0.25) is 19.5 Å². The van der Waals surface area contributed by atoms with E-state index in [0.29, 0.717) is 28.6 Å². The molecule has 0 aliphatic carbocycles. The van der Waals surface area contributed by atoms with Crippen LogP contribution in [0.5, 0.6) is 5.75 Å². The van der Waals surface area contributed by atoms with Crippen molar-refractivity contribution in [3.63, 3.8) is 0 Å². The lowest BCUT2D eigenvalue weighted by atomic mass is 9.95. The summed E-state index contributed by atoms with van der Waals surface area (Å²) in [7, 11) is 0. The van der Waals surface area contributed by atoms with E-state index in [1.54, 1.807) is 24.3 Å². The molecule has 0 radical (unpaired) electrons. The van der Waals surface area contributed by atoms with Crippen molar-refractivity contribution < 1.29 is 19.4 Å². The zero-order valence-corrected chi connectivity index (χ0v) is 22.7. The van der Waals surface area contributed by atoms with Gasteiger partial charge in [0.25, 0.3) is 5.78 Å². The molecule has 1 aliphatic heterocycles. The largest absolute Gasteiger partial charge is 0.507 e. The molecule has 5 aromatic rings. The number of rotatable bonds is 6. The second-order valence-corrected chi connectivity index (χ2v) is 10.7. The van der Waals surface area contributed by atoms with E-state index in [1.165, 1.54) is 28.6 Å². The number of carbonyl (C=O) groups is 2. The quantitative estimate of drug-likeness (QED) is 0.148. The zero-order chi connectivity index (χ0) is 27.8. The van der Waals surface area contributed by atoms with Gasteiger partial charge in [0, 0.05) is 18.0 Å². The standard InChI is InChI=1S/C32H25N3O4S/c1-19-16-20(2)27-25(17-19)40-32(34-27)35-28(26(30(37)31(35)38)29(36)23-12-14-33-15-13-23)22-8-10-24(11-9-22)39-18-21-6-4-3-5-7-21/h3-17,28,36H,18H2,1-2H3/b29-26+. The van der Waals surface area contributed by atoms with Gasteiger partial charge < -0.3 is 9.84 Å². The van der Waals surface area contributed by atoms with Crippen molar-refractivity contribution in [3.8, 4) is 5.75 Å². The molecule has 1 saturated heterocycles. The van der Waals surface area contributed by atoms with Crippen LogP contribution in [0.25, 0.3) is 16.0 Å². The Bertz CT molecular complexity index is 1760. The predicted molar refractivity (Wildman–Crippen MR) is 155 cm³/mol. The van der Waals surface area contributed by atoms with Crippen LogP contribution < -0.4 is 9.64 Å². The number of Topliss-reactive ketones (excluding diaryl/α,β-unsaturated/α-hetero) is 1. The summed E-state index contributed by atoms with van der Waals surface area (Å²) in [5.41, 5.74) is 4.94. The van der Waals surface area contributed by atoms with Gasteiger partial charge in [0.15, 0.2) is 5.13 Å². The number of ketones is 1. The molecule has 1 atom stereocenters. The molecule has 1 N–H and O–H groups in total.